The third-order valence-corrected chi connectivity index (χ3v) is 5.34. The highest BCUT2D eigenvalue weighted by Crippen LogP contribution is 2.13. The lowest BCUT2D eigenvalue weighted by Crippen LogP contribution is -2.39. The molecule has 1 unspecified atom stereocenters. The van der Waals surface area contributed by atoms with Crippen molar-refractivity contribution >= 4 is 21.6 Å². The summed E-state index contributed by atoms with van der Waals surface area (Å²) in [6, 6.07) is 0.410. The summed E-state index contributed by atoms with van der Waals surface area (Å²) < 4.78 is 22.3. The first-order valence-corrected chi connectivity index (χ1v) is 8.11. The number of hydrogen-bond acceptors (Lipinski definition) is 4. The van der Waals surface area contributed by atoms with Crippen LogP contribution in [0.4, 0.5) is 0 Å². The summed E-state index contributed by atoms with van der Waals surface area (Å²) in [5, 5.41) is 4.03. The molecule has 0 aromatic heterocycles. The molecule has 1 atom stereocenters. The zero-order valence-electron chi connectivity index (χ0n) is 8.82. The molecule has 5 heteroatoms. The van der Waals surface area contributed by atoms with E-state index < -0.39 is 9.84 Å². The fraction of sp³-hybridized carbons (Fsp3) is 1.00. The molecule has 0 radical (unpaired) electrons. The number of hydrogen-bond donors (Lipinski definition) is 1. The number of sulfone groups is 1. The summed E-state index contributed by atoms with van der Waals surface area (Å²) in [5.74, 6) is 0.719. The first kappa shape index (κ1) is 12.3. The second-order valence-corrected chi connectivity index (χ2v) is 7.46. The first-order valence-electron chi connectivity index (χ1n) is 5.00. The van der Waals surface area contributed by atoms with Crippen molar-refractivity contribution in [2.45, 2.75) is 31.1 Å². The van der Waals surface area contributed by atoms with Gasteiger partial charge in [-0.15, -0.1) is 0 Å². The average molecular weight is 237 g/mol. The van der Waals surface area contributed by atoms with Crippen molar-refractivity contribution in [2.75, 3.05) is 24.3 Å². The Labute approximate surface area is 91.0 Å². The Hall–Kier alpha value is 0.260. The second kappa shape index (κ2) is 5.37. The molecular weight excluding hydrogens is 218 g/mol. The Kier molecular flexibility index (Phi) is 4.73. The molecule has 14 heavy (non-hydrogen) atoms. The van der Waals surface area contributed by atoms with E-state index in [1.807, 2.05) is 11.8 Å². The summed E-state index contributed by atoms with van der Waals surface area (Å²) in [6.07, 6.45) is 3.66. The molecule has 1 heterocycles. The van der Waals surface area contributed by atoms with Gasteiger partial charge < -0.3 is 5.32 Å². The molecule has 3 nitrogen and oxygen atoms in total. The van der Waals surface area contributed by atoms with Crippen LogP contribution in [0.25, 0.3) is 0 Å². The van der Waals surface area contributed by atoms with Gasteiger partial charge >= 0.3 is 0 Å². The first-order chi connectivity index (χ1) is 6.53. The van der Waals surface area contributed by atoms with Crippen LogP contribution in [-0.2, 0) is 9.84 Å². The quantitative estimate of drug-likeness (QED) is 0.789. The third kappa shape index (κ3) is 4.19. The maximum atomic E-state index is 11.2. The molecule has 0 aliphatic carbocycles. The van der Waals surface area contributed by atoms with E-state index >= 15 is 0 Å². The van der Waals surface area contributed by atoms with Crippen LogP contribution in [0.1, 0.15) is 19.8 Å². The van der Waals surface area contributed by atoms with E-state index in [4.69, 9.17) is 0 Å². The van der Waals surface area contributed by atoms with Crippen molar-refractivity contribution in [3.63, 3.8) is 0 Å². The lowest BCUT2D eigenvalue weighted by molar-refractivity contribution is 0.466. The fourth-order valence-electron chi connectivity index (χ4n) is 1.51. The van der Waals surface area contributed by atoms with E-state index in [9.17, 15) is 8.42 Å². The molecule has 0 saturated carbocycles. The molecule has 0 aromatic carbocycles. The minimum atomic E-state index is -2.71. The maximum absolute atomic E-state index is 11.2. The third-order valence-electron chi connectivity index (χ3n) is 2.65. The van der Waals surface area contributed by atoms with Crippen molar-refractivity contribution in [1.82, 2.24) is 5.32 Å². The van der Waals surface area contributed by atoms with E-state index in [0.717, 1.165) is 19.4 Å². The van der Waals surface area contributed by atoms with Crippen LogP contribution in [0.3, 0.4) is 0 Å². The topological polar surface area (TPSA) is 46.2 Å². The van der Waals surface area contributed by atoms with Gasteiger partial charge in [0, 0.05) is 17.8 Å². The highest BCUT2D eigenvalue weighted by atomic mass is 32.2. The van der Waals surface area contributed by atoms with Gasteiger partial charge in [0.25, 0.3) is 0 Å². The number of rotatable bonds is 4. The van der Waals surface area contributed by atoms with Crippen molar-refractivity contribution in [1.29, 1.82) is 0 Å². The normalized spacial score (nSPS) is 24.7. The summed E-state index contributed by atoms with van der Waals surface area (Å²) in [6.45, 7) is 3.16. The highest BCUT2D eigenvalue weighted by Gasteiger charge is 2.23. The molecule has 0 bridgehead atoms. The predicted molar refractivity (Wildman–Crippen MR) is 62.7 cm³/mol. The molecule has 1 N–H and O–H groups in total. The van der Waals surface area contributed by atoms with Crippen LogP contribution >= 0.6 is 11.8 Å². The van der Waals surface area contributed by atoms with E-state index in [1.165, 1.54) is 0 Å². The molecule has 84 valence electrons. The van der Waals surface area contributed by atoms with Gasteiger partial charge in [0.1, 0.15) is 9.84 Å². The van der Waals surface area contributed by atoms with E-state index in [2.05, 4.69) is 18.5 Å². The maximum Gasteiger partial charge on any atom is 0.150 e. The van der Waals surface area contributed by atoms with Crippen molar-refractivity contribution in [3.05, 3.63) is 0 Å². The lowest BCUT2D eigenvalue weighted by atomic mass is 10.1. The summed E-state index contributed by atoms with van der Waals surface area (Å²) in [7, 11) is -2.71. The van der Waals surface area contributed by atoms with Gasteiger partial charge in [-0.05, 0) is 19.1 Å². The fourth-order valence-corrected chi connectivity index (χ4v) is 3.26. The van der Waals surface area contributed by atoms with Gasteiger partial charge in [-0.1, -0.05) is 6.92 Å². The molecule has 1 saturated heterocycles. The second-order valence-electron chi connectivity index (χ2n) is 3.88. The SMILES string of the molecule is CSC(C)CNC1CCS(=O)(=O)CC1. The van der Waals surface area contributed by atoms with Crippen molar-refractivity contribution in [2.24, 2.45) is 0 Å². The minimum absolute atomic E-state index is 0.359. The highest BCUT2D eigenvalue weighted by molar-refractivity contribution is 7.99. The van der Waals surface area contributed by atoms with Gasteiger partial charge in [-0.3, -0.25) is 0 Å². The molecule has 0 spiro atoms. The van der Waals surface area contributed by atoms with E-state index in [1.54, 1.807) is 0 Å². The predicted octanol–water partition coefficient (Wildman–Crippen LogP) is 0.905. The van der Waals surface area contributed by atoms with Crippen molar-refractivity contribution in [3.8, 4) is 0 Å². The summed E-state index contributed by atoms with van der Waals surface area (Å²) in [5.41, 5.74) is 0. The van der Waals surface area contributed by atoms with Crippen LogP contribution in [0, 0.1) is 0 Å². The largest absolute Gasteiger partial charge is 0.313 e. The van der Waals surface area contributed by atoms with Gasteiger partial charge in [0.2, 0.25) is 0 Å². The Morgan fingerprint density at radius 3 is 2.50 bits per heavy atom. The minimum Gasteiger partial charge on any atom is -0.313 e. The molecule has 1 fully saturated rings. The standard InChI is InChI=1S/C9H19NO2S2/c1-8(13-2)7-10-9-3-5-14(11,12)6-4-9/h8-10H,3-7H2,1-2H3. The molecule has 1 aliphatic heterocycles. The number of thioether (sulfide) groups is 1. The molecule has 1 aliphatic rings. The Bertz CT molecular complexity index is 250. The molecular formula is C9H19NO2S2. The van der Waals surface area contributed by atoms with Gasteiger partial charge in [0.15, 0.2) is 0 Å². The van der Waals surface area contributed by atoms with Crippen LogP contribution in [0.2, 0.25) is 0 Å². The summed E-state index contributed by atoms with van der Waals surface area (Å²) in [4.78, 5) is 0. The summed E-state index contributed by atoms with van der Waals surface area (Å²) >= 11 is 1.83. The van der Waals surface area contributed by atoms with Crippen LogP contribution < -0.4 is 5.32 Å². The number of nitrogens with one attached hydrogen (secondary N) is 1. The monoisotopic (exact) mass is 237 g/mol. The Balaban J connectivity index is 2.23. The molecule has 0 aromatic rings. The van der Waals surface area contributed by atoms with Crippen molar-refractivity contribution < 1.29 is 8.42 Å². The Morgan fingerprint density at radius 1 is 1.43 bits per heavy atom. The van der Waals surface area contributed by atoms with Crippen LogP contribution in [-0.4, -0.2) is 44.0 Å². The van der Waals surface area contributed by atoms with E-state index in [0.29, 0.717) is 22.8 Å². The Morgan fingerprint density at radius 2 is 2.00 bits per heavy atom. The van der Waals surface area contributed by atoms with Gasteiger partial charge in [-0.25, -0.2) is 8.42 Å². The van der Waals surface area contributed by atoms with Gasteiger partial charge in [0.05, 0.1) is 11.5 Å². The van der Waals surface area contributed by atoms with Gasteiger partial charge in [-0.2, -0.15) is 11.8 Å². The molecule has 0 amide bonds. The van der Waals surface area contributed by atoms with Crippen LogP contribution in [0.15, 0.2) is 0 Å². The zero-order chi connectivity index (χ0) is 10.6. The average Bonchev–Trinajstić information content (AvgIpc) is 2.16. The smallest absolute Gasteiger partial charge is 0.150 e. The van der Waals surface area contributed by atoms with Crippen LogP contribution in [0.5, 0.6) is 0 Å². The lowest BCUT2D eigenvalue weighted by Gasteiger charge is -2.24. The zero-order valence-corrected chi connectivity index (χ0v) is 10.5. The molecule has 1 rings (SSSR count). The van der Waals surface area contributed by atoms with E-state index in [-0.39, 0.29) is 0 Å².